The van der Waals surface area contributed by atoms with Crippen LogP contribution in [0.1, 0.15) is 43.7 Å². The molecule has 1 heterocycles. The number of nitrogens with one attached hydrogen (secondary N) is 1. The van der Waals surface area contributed by atoms with Crippen molar-refractivity contribution in [2.24, 2.45) is 17.8 Å². The maximum absolute atomic E-state index is 11.7. The van der Waals surface area contributed by atoms with Gasteiger partial charge in [-0.05, 0) is 74.3 Å². The van der Waals surface area contributed by atoms with Gasteiger partial charge in [-0.3, -0.25) is 0 Å². The summed E-state index contributed by atoms with van der Waals surface area (Å²) in [7, 11) is -2.76. The van der Waals surface area contributed by atoms with Crippen molar-refractivity contribution in [1.29, 1.82) is 0 Å². The molecule has 3 unspecified atom stereocenters. The van der Waals surface area contributed by atoms with Gasteiger partial charge in [-0.15, -0.1) is 0 Å². The van der Waals surface area contributed by atoms with E-state index in [2.05, 4.69) is 36.5 Å². The minimum atomic E-state index is -2.76. The molecule has 0 amide bonds. The van der Waals surface area contributed by atoms with Gasteiger partial charge in [-0.25, -0.2) is 8.42 Å². The summed E-state index contributed by atoms with van der Waals surface area (Å²) >= 11 is 0. The predicted molar refractivity (Wildman–Crippen MR) is 97.8 cm³/mol. The van der Waals surface area contributed by atoms with E-state index in [1.807, 2.05) is 0 Å². The summed E-state index contributed by atoms with van der Waals surface area (Å²) in [4.78, 5) is 0. The van der Waals surface area contributed by atoms with Gasteiger partial charge in [0.2, 0.25) is 0 Å². The molecule has 132 valence electrons. The molecule has 1 aromatic rings. The molecule has 4 heteroatoms. The maximum atomic E-state index is 11.7. The molecule has 3 nitrogen and oxygen atoms in total. The molecule has 3 aliphatic rings. The minimum Gasteiger partial charge on any atom is -0.311 e. The first kappa shape index (κ1) is 16.6. The van der Waals surface area contributed by atoms with Gasteiger partial charge in [-0.1, -0.05) is 24.3 Å². The highest BCUT2D eigenvalue weighted by molar-refractivity contribution is 7.91. The van der Waals surface area contributed by atoms with Crippen molar-refractivity contribution in [3.8, 4) is 0 Å². The third kappa shape index (κ3) is 3.28. The van der Waals surface area contributed by atoms with E-state index in [0.717, 1.165) is 24.7 Å². The number of fused-ring (bicyclic) bond motifs is 3. The predicted octanol–water partition coefficient (Wildman–Crippen LogP) is 2.98. The van der Waals surface area contributed by atoms with Crippen molar-refractivity contribution >= 4 is 9.84 Å². The molecule has 4 rings (SSSR count). The first-order chi connectivity index (χ1) is 11.5. The molecule has 1 saturated heterocycles. The maximum Gasteiger partial charge on any atom is 0.150 e. The molecule has 0 spiro atoms. The van der Waals surface area contributed by atoms with Crippen LogP contribution in [-0.2, 0) is 22.7 Å². The Labute approximate surface area is 146 Å². The summed E-state index contributed by atoms with van der Waals surface area (Å²) in [5.74, 6) is 2.76. The molecule has 24 heavy (non-hydrogen) atoms. The van der Waals surface area contributed by atoms with Crippen LogP contribution in [0.3, 0.4) is 0 Å². The van der Waals surface area contributed by atoms with Gasteiger partial charge in [0.15, 0.2) is 0 Å². The van der Waals surface area contributed by atoms with Crippen molar-refractivity contribution in [3.05, 3.63) is 35.4 Å². The molecule has 3 atom stereocenters. The van der Waals surface area contributed by atoms with Crippen LogP contribution in [-0.4, -0.2) is 32.0 Å². The average molecular weight is 348 g/mol. The van der Waals surface area contributed by atoms with Gasteiger partial charge in [0.05, 0.1) is 11.5 Å². The molecule has 1 N–H and O–H groups in total. The summed E-state index contributed by atoms with van der Waals surface area (Å²) in [6.07, 6.45) is 6.74. The van der Waals surface area contributed by atoms with Crippen LogP contribution in [0.5, 0.6) is 0 Å². The Morgan fingerprint density at radius 3 is 2.04 bits per heavy atom. The number of hydrogen-bond donors (Lipinski definition) is 1. The zero-order chi connectivity index (χ0) is 16.7. The van der Waals surface area contributed by atoms with Gasteiger partial charge in [0, 0.05) is 12.1 Å². The molecule has 0 aromatic heterocycles. The first-order valence-corrected chi connectivity index (χ1v) is 11.4. The Kier molecular flexibility index (Phi) is 4.46. The standard InChI is InChI=1S/C20H29NO2S/c1-14(15-8-10-24(22,23)11-9-15)21-20-18-6-7-19(20)13-17-5-3-2-4-16(17)12-18/h2-5,14-15,18-21H,6-13H2,1H3. The minimum absolute atomic E-state index is 0.382. The molecule has 1 saturated carbocycles. The summed E-state index contributed by atoms with van der Waals surface area (Å²) in [5, 5.41) is 3.96. The third-order valence-corrected chi connectivity index (χ3v) is 8.48. The zero-order valence-electron chi connectivity index (χ0n) is 14.6. The fourth-order valence-corrected chi connectivity index (χ4v) is 6.80. The third-order valence-electron chi connectivity index (χ3n) is 6.77. The molecule has 2 aliphatic carbocycles. The van der Waals surface area contributed by atoms with Gasteiger partial charge in [0.25, 0.3) is 0 Å². The second kappa shape index (κ2) is 6.45. The Bertz CT molecular complexity index is 652. The highest BCUT2D eigenvalue weighted by Gasteiger charge is 2.40. The van der Waals surface area contributed by atoms with Crippen molar-refractivity contribution in [3.63, 3.8) is 0 Å². The lowest BCUT2D eigenvalue weighted by molar-refractivity contribution is 0.256. The Balaban J connectivity index is 1.44. The van der Waals surface area contributed by atoms with Gasteiger partial charge in [-0.2, -0.15) is 0 Å². The zero-order valence-corrected chi connectivity index (χ0v) is 15.4. The normalized spacial score (nSPS) is 33.6. The second-order valence-corrected chi connectivity index (χ2v) is 10.5. The van der Waals surface area contributed by atoms with Crippen LogP contribution in [0.25, 0.3) is 0 Å². The van der Waals surface area contributed by atoms with Crippen LogP contribution in [0.2, 0.25) is 0 Å². The van der Waals surface area contributed by atoms with E-state index in [1.165, 1.54) is 25.7 Å². The van der Waals surface area contributed by atoms with Crippen molar-refractivity contribution in [2.45, 2.75) is 57.5 Å². The Hall–Kier alpha value is -0.870. The SMILES string of the molecule is CC(NC1C2CCC1Cc1ccccc1C2)C1CCS(=O)(=O)CC1. The number of sulfone groups is 1. The summed E-state index contributed by atoms with van der Waals surface area (Å²) < 4.78 is 23.3. The quantitative estimate of drug-likeness (QED) is 0.914. The average Bonchev–Trinajstić information content (AvgIpc) is 2.82. The van der Waals surface area contributed by atoms with E-state index >= 15 is 0 Å². The van der Waals surface area contributed by atoms with E-state index in [-0.39, 0.29) is 0 Å². The van der Waals surface area contributed by atoms with Crippen LogP contribution in [0.4, 0.5) is 0 Å². The Morgan fingerprint density at radius 1 is 0.958 bits per heavy atom. The summed E-state index contributed by atoms with van der Waals surface area (Å²) in [6, 6.07) is 9.99. The lowest BCUT2D eigenvalue weighted by atomic mass is 9.90. The first-order valence-electron chi connectivity index (χ1n) is 9.55. The lowest BCUT2D eigenvalue weighted by Gasteiger charge is -2.34. The number of hydrogen-bond acceptors (Lipinski definition) is 3. The van der Waals surface area contributed by atoms with Crippen LogP contribution in [0.15, 0.2) is 24.3 Å². The molecule has 1 aliphatic heterocycles. The molecule has 2 fully saturated rings. The van der Waals surface area contributed by atoms with Gasteiger partial charge >= 0.3 is 0 Å². The monoisotopic (exact) mass is 347 g/mol. The number of rotatable bonds is 3. The van der Waals surface area contributed by atoms with E-state index < -0.39 is 9.84 Å². The molecule has 0 radical (unpaired) electrons. The summed E-state index contributed by atoms with van der Waals surface area (Å²) in [5.41, 5.74) is 3.10. The summed E-state index contributed by atoms with van der Waals surface area (Å²) in [6.45, 7) is 2.28. The highest BCUT2D eigenvalue weighted by atomic mass is 32.2. The Morgan fingerprint density at radius 2 is 1.50 bits per heavy atom. The van der Waals surface area contributed by atoms with E-state index in [9.17, 15) is 8.42 Å². The molecular weight excluding hydrogens is 318 g/mol. The van der Waals surface area contributed by atoms with Crippen molar-refractivity contribution < 1.29 is 8.42 Å². The number of benzene rings is 1. The fraction of sp³-hybridized carbons (Fsp3) is 0.700. The van der Waals surface area contributed by atoms with Crippen LogP contribution >= 0.6 is 0 Å². The van der Waals surface area contributed by atoms with E-state index in [4.69, 9.17) is 0 Å². The largest absolute Gasteiger partial charge is 0.311 e. The highest BCUT2D eigenvalue weighted by Crippen LogP contribution is 2.40. The lowest BCUT2D eigenvalue weighted by Crippen LogP contribution is -2.47. The second-order valence-electron chi connectivity index (χ2n) is 8.24. The van der Waals surface area contributed by atoms with E-state index in [1.54, 1.807) is 11.1 Å². The molecule has 1 aromatic carbocycles. The van der Waals surface area contributed by atoms with Gasteiger partial charge < -0.3 is 5.32 Å². The van der Waals surface area contributed by atoms with E-state index in [0.29, 0.717) is 29.5 Å². The van der Waals surface area contributed by atoms with Crippen LogP contribution in [0, 0.1) is 17.8 Å². The van der Waals surface area contributed by atoms with Gasteiger partial charge in [0.1, 0.15) is 9.84 Å². The topological polar surface area (TPSA) is 46.2 Å². The van der Waals surface area contributed by atoms with Crippen LogP contribution < -0.4 is 5.32 Å². The van der Waals surface area contributed by atoms with Crippen molar-refractivity contribution in [1.82, 2.24) is 5.32 Å². The molecular formula is C20H29NO2S. The van der Waals surface area contributed by atoms with Crippen molar-refractivity contribution in [2.75, 3.05) is 11.5 Å². The molecule has 2 bridgehead atoms. The fourth-order valence-electron chi connectivity index (χ4n) is 5.27. The smallest absolute Gasteiger partial charge is 0.150 e.